The highest BCUT2D eigenvalue weighted by Gasteiger charge is 2.13. The number of nitrogens with one attached hydrogen (secondary N) is 1. The van der Waals surface area contributed by atoms with Crippen molar-refractivity contribution in [1.29, 1.82) is 0 Å². The number of thioether (sulfide) groups is 1. The third-order valence-corrected chi connectivity index (χ3v) is 5.68. The molecule has 1 aromatic carbocycles. The summed E-state index contributed by atoms with van der Waals surface area (Å²) in [5.41, 5.74) is 1.06. The number of aromatic nitrogens is 2. The quantitative estimate of drug-likeness (QED) is 0.761. The van der Waals surface area contributed by atoms with E-state index in [4.69, 9.17) is 9.47 Å². The number of benzene rings is 1. The van der Waals surface area contributed by atoms with Crippen LogP contribution in [0.15, 0.2) is 29.0 Å². The molecule has 0 spiro atoms. The van der Waals surface area contributed by atoms with Gasteiger partial charge in [0.1, 0.15) is 18.0 Å². The van der Waals surface area contributed by atoms with E-state index >= 15 is 0 Å². The first-order valence-electron chi connectivity index (χ1n) is 8.00. The van der Waals surface area contributed by atoms with Gasteiger partial charge in [-0.25, -0.2) is 9.97 Å². The van der Waals surface area contributed by atoms with Crippen molar-refractivity contribution in [3.63, 3.8) is 0 Å². The van der Waals surface area contributed by atoms with Crippen LogP contribution in [-0.4, -0.2) is 48.8 Å². The van der Waals surface area contributed by atoms with Gasteiger partial charge in [0.2, 0.25) is 0 Å². The zero-order valence-corrected chi connectivity index (χ0v) is 16.7. The maximum atomic E-state index is 5.37. The fraction of sp³-hybridized carbons (Fsp3) is 0.412. The van der Waals surface area contributed by atoms with E-state index in [9.17, 15) is 0 Å². The highest BCUT2D eigenvalue weighted by molar-refractivity contribution is 9.10. The first-order valence-corrected chi connectivity index (χ1v) is 9.95. The minimum Gasteiger partial charge on any atom is -0.493 e. The fourth-order valence-corrected chi connectivity index (χ4v) is 3.99. The Morgan fingerprint density at radius 2 is 1.84 bits per heavy atom. The van der Waals surface area contributed by atoms with Crippen molar-refractivity contribution in [2.75, 3.05) is 49.0 Å². The number of halogens is 1. The molecule has 0 aliphatic carbocycles. The van der Waals surface area contributed by atoms with Gasteiger partial charge in [-0.15, -0.1) is 0 Å². The van der Waals surface area contributed by atoms with Gasteiger partial charge in [-0.3, -0.25) is 0 Å². The molecule has 1 aliphatic rings. The number of ether oxygens (including phenoxy) is 2. The summed E-state index contributed by atoms with van der Waals surface area (Å²) in [7, 11) is 3.26. The van der Waals surface area contributed by atoms with E-state index in [-0.39, 0.29) is 0 Å². The van der Waals surface area contributed by atoms with Crippen molar-refractivity contribution in [3.8, 4) is 11.5 Å². The van der Waals surface area contributed by atoms with Crippen molar-refractivity contribution in [2.45, 2.75) is 6.54 Å². The Labute approximate surface area is 160 Å². The molecule has 1 fully saturated rings. The third kappa shape index (κ3) is 4.49. The summed E-state index contributed by atoms with van der Waals surface area (Å²) in [5.74, 6) is 5.48. The van der Waals surface area contributed by atoms with Crippen LogP contribution in [0.3, 0.4) is 0 Å². The molecule has 25 heavy (non-hydrogen) atoms. The van der Waals surface area contributed by atoms with Crippen molar-refractivity contribution in [3.05, 3.63) is 34.6 Å². The van der Waals surface area contributed by atoms with Gasteiger partial charge in [-0.2, -0.15) is 11.8 Å². The molecule has 0 atom stereocenters. The maximum absolute atomic E-state index is 5.37. The fourth-order valence-electron chi connectivity index (χ4n) is 2.63. The van der Waals surface area contributed by atoms with Gasteiger partial charge in [-0.05, 0) is 17.7 Å². The van der Waals surface area contributed by atoms with Crippen LogP contribution in [0.2, 0.25) is 0 Å². The van der Waals surface area contributed by atoms with E-state index in [1.165, 1.54) is 0 Å². The molecule has 2 heterocycles. The lowest BCUT2D eigenvalue weighted by Crippen LogP contribution is -2.33. The van der Waals surface area contributed by atoms with Gasteiger partial charge in [0.05, 0.1) is 14.2 Å². The van der Waals surface area contributed by atoms with Crippen molar-refractivity contribution >= 4 is 39.3 Å². The molecule has 0 saturated carbocycles. The van der Waals surface area contributed by atoms with Crippen LogP contribution in [0, 0.1) is 0 Å². The Hall–Kier alpha value is -1.67. The predicted molar refractivity (Wildman–Crippen MR) is 106 cm³/mol. The third-order valence-electron chi connectivity index (χ3n) is 4.00. The number of rotatable bonds is 6. The van der Waals surface area contributed by atoms with Crippen molar-refractivity contribution < 1.29 is 9.47 Å². The Morgan fingerprint density at radius 3 is 2.56 bits per heavy atom. The monoisotopic (exact) mass is 424 g/mol. The average molecular weight is 425 g/mol. The number of nitrogens with zero attached hydrogens (tertiary/aromatic N) is 3. The van der Waals surface area contributed by atoms with E-state index in [0.717, 1.165) is 46.3 Å². The maximum Gasteiger partial charge on any atom is 0.161 e. The smallest absolute Gasteiger partial charge is 0.161 e. The normalized spacial score (nSPS) is 14.3. The second-order valence-electron chi connectivity index (χ2n) is 5.51. The number of hydrogen-bond donors (Lipinski definition) is 1. The molecule has 1 aliphatic heterocycles. The number of methoxy groups -OCH3 is 2. The van der Waals surface area contributed by atoms with Crippen LogP contribution >= 0.6 is 27.7 Å². The van der Waals surface area contributed by atoms with E-state index in [1.807, 2.05) is 30.0 Å². The molecule has 2 aromatic rings. The van der Waals surface area contributed by atoms with Crippen LogP contribution in [0.25, 0.3) is 0 Å². The summed E-state index contributed by atoms with van der Waals surface area (Å²) in [6.45, 7) is 2.68. The molecule has 0 amide bonds. The first-order chi connectivity index (χ1) is 12.2. The van der Waals surface area contributed by atoms with E-state index in [2.05, 4.69) is 36.1 Å². The highest BCUT2D eigenvalue weighted by Crippen LogP contribution is 2.33. The summed E-state index contributed by atoms with van der Waals surface area (Å²) in [6.07, 6.45) is 1.61. The molecule has 0 unspecified atom stereocenters. The molecule has 8 heteroatoms. The minimum absolute atomic E-state index is 0.618. The lowest BCUT2D eigenvalue weighted by Gasteiger charge is -2.27. The van der Waals surface area contributed by atoms with Gasteiger partial charge in [0, 0.05) is 41.7 Å². The Balaban J connectivity index is 1.71. The van der Waals surface area contributed by atoms with Crippen molar-refractivity contribution in [2.24, 2.45) is 0 Å². The van der Waals surface area contributed by atoms with Crippen LogP contribution in [0.1, 0.15) is 5.56 Å². The van der Waals surface area contributed by atoms with Gasteiger partial charge in [-0.1, -0.05) is 15.9 Å². The van der Waals surface area contributed by atoms with Gasteiger partial charge in [0.25, 0.3) is 0 Å². The summed E-state index contributed by atoms with van der Waals surface area (Å²) < 4.78 is 11.6. The molecule has 134 valence electrons. The average Bonchev–Trinajstić information content (AvgIpc) is 2.67. The van der Waals surface area contributed by atoms with Crippen LogP contribution < -0.4 is 19.7 Å². The summed E-state index contributed by atoms with van der Waals surface area (Å²) in [5, 5.41) is 3.36. The van der Waals surface area contributed by atoms with Crippen LogP contribution in [0.5, 0.6) is 11.5 Å². The molecule has 6 nitrogen and oxygen atoms in total. The first kappa shape index (κ1) is 18.1. The van der Waals surface area contributed by atoms with Crippen LogP contribution in [-0.2, 0) is 6.54 Å². The minimum atomic E-state index is 0.618. The van der Waals surface area contributed by atoms with E-state index in [1.54, 1.807) is 20.5 Å². The highest BCUT2D eigenvalue weighted by atomic mass is 79.9. The Morgan fingerprint density at radius 1 is 1.12 bits per heavy atom. The lowest BCUT2D eigenvalue weighted by molar-refractivity contribution is 0.354. The standard InChI is InChI=1S/C17H21BrN4O2S/c1-23-14-7-12(13(18)8-15(14)24-2)10-19-16-9-17(21-11-20-16)22-3-5-25-6-4-22/h7-9,11H,3-6,10H2,1-2H3,(H,19,20,21). The van der Waals surface area contributed by atoms with E-state index < -0.39 is 0 Å². The van der Waals surface area contributed by atoms with Gasteiger partial charge < -0.3 is 19.7 Å². The van der Waals surface area contributed by atoms with Crippen LogP contribution in [0.4, 0.5) is 11.6 Å². The second-order valence-corrected chi connectivity index (χ2v) is 7.59. The molecule has 1 N–H and O–H groups in total. The molecule has 1 saturated heterocycles. The molecular weight excluding hydrogens is 404 g/mol. The lowest BCUT2D eigenvalue weighted by atomic mass is 10.2. The molecule has 0 radical (unpaired) electrons. The van der Waals surface area contributed by atoms with Crippen molar-refractivity contribution in [1.82, 2.24) is 9.97 Å². The summed E-state index contributed by atoms with van der Waals surface area (Å²) in [6, 6.07) is 5.87. The topological polar surface area (TPSA) is 59.5 Å². The molecule has 3 rings (SSSR count). The zero-order chi connectivity index (χ0) is 17.6. The number of anilines is 2. The SMILES string of the molecule is COc1cc(Br)c(CNc2cc(N3CCSCC3)ncn2)cc1OC. The van der Waals surface area contributed by atoms with Gasteiger partial charge >= 0.3 is 0 Å². The molecular formula is C17H21BrN4O2S. The summed E-state index contributed by atoms with van der Waals surface area (Å²) in [4.78, 5) is 11.0. The Kier molecular flexibility index (Phi) is 6.25. The Bertz CT molecular complexity index is 726. The zero-order valence-electron chi connectivity index (χ0n) is 14.3. The summed E-state index contributed by atoms with van der Waals surface area (Å²) >= 11 is 5.57. The van der Waals surface area contributed by atoms with E-state index in [0.29, 0.717) is 18.0 Å². The van der Waals surface area contributed by atoms with Gasteiger partial charge in [0.15, 0.2) is 11.5 Å². The molecule has 1 aromatic heterocycles. The predicted octanol–water partition coefficient (Wildman–Crippen LogP) is 3.42. The second kappa shape index (κ2) is 8.62. The number of hydrogen-bond acceptors (Lipinski definition) is 7. The molecule has 0 bridgehead atoms. The largest absolute Gasteiger partial charge is 0.493 e.